The van der Waals surface area contributed by atoms with Gasteiger partial charge in [-0.25, -0.2) is 9.78 Å². The van der Waals surface area contributed by atoms with Crippen LogP contribution in [0.2, 0.25) is 0 Å². The van der Waals surface area contributed by atoms with Crippen LogP contribution in [0.25, 0.3) is 11.3 Å². The van der Waals surface area contributed by atoms with E-state index in [2.05, 4.69) is 91.3 Å². The SMILES string of the molecule is CC(C)(C)OC(=O)N1CCC[C@H]1c1ncc(-c2ccc(C3CCC(c4ccc(N)cc4)N3c3ccc(C(C)(C)C)cc3)cc2)[nH]1. The fourth-order valence-electron chi connectivity index (χ4n) is 6.80. The number of nitrogens with one attached hydrogen (secondary N) is 1. The van der Waals surface area contributed by atoms with Crippen molar-refractivity contribution in [1.29, 1.82) is 0 Å². The lowest BCUT2D eigenvalue weighted by molar-refractivity contribution is 0.0218. The number of nitrogen functional groups attached to an aromatic ring is 1. The average Bonchev–Trinajstić information content (AvgIpc) is 3.76. The molecule has 4 aromatic rings. The molecular weight excluding hydrogens is 558 g/mol. The van der Waals surface area contributed by atoms with Crippen molar-refractivity contribution in [2.75, 3.05) is 17.2 Å². The summed E-state index contributed by atoms with van der Waals surface area (Å²) in [7, 11) is 0. The van der Waals surface area contributed by atoms with Crippen molar-refractivity contribution in [3.05, 3.63) is 102 Å². The summed E-state index contributed by atoms with van der Waals surface area (Å²) in [5.41, 5.74) is 13.6. The van der Waals surface area contributed by atoms with Crippen LogP contribution in [0.3, 0.4) is 0 Å². The standard InChI is InChI=1S/C38H47N5O2/c1-37(2,3)28-15-19-30(20-16-28)43-32(21-22-33(43)27-13-17-29(39)18-14-27)26-11-9-25(10-12-26)31-24-40-35(41-31)34-8-7-23-42(34)36(44)45-38(4,5)6/h9-20,24,32-34H,7-8,21-23,39H2,1-6H3,(H,40,41)/t32?,33?,34-/m0/s1. The Labute approximate surface area is 267 Å². The molecule has 6 rings (SSSR count). The highest BCUT2D eigenvalue weighted by molar-refractivity contribution is 5.69. The maximum Gasteiger partial charge on any atom is 0.410 e. The number of anilines is 2. The van der Waals surface area contributed by atoms with Gasteiger partial charge in [-0.3, -0.25) is 4.90 Å². The van der Waals surface area contributed by atoms with Crippen LogP contribution in [-0.4, -0.2) is 33.1 Å². The fraction of sp³-hybridized carbons (Fsp3) is 0.421. The van der Waals surface area contributed by atoms with Crippen molar-refractivity contribution in [3.63, 3.8) is 0 Å². The van der Waals surface area contributed by atoms with Crippen LogP contribution >= 0.6 is 0 Å². The quantitative estimate of drug-likeness (QED) is 0.222. The van der Waals surface area contributed by atoms with E-state index in [0.717, 1.165) is 48.5 Å². The van der Waals surface area contributed by atoms with Gasteiger partial charge in [0.05, 0.1) is 30.0 Å². The largest absolute Gasteiger partial charge is 0.444 e. The third-order valence-corrected chi connectivity index (χ3v) is 9.14. The first-order valence-electron chi connectivity index (χ1n) is 16.3. The van der Waals surface area contributed by atoms with Crippen LogP contribution in [0.5, 0.6) is 0 Å². The zero-order valence-corrected chi connectivity index (χ0v) is 27.5. The third kappa shape index (κ3) is 6.58. The maximum atomic E-state index is 12.9. The number of hydrogen-bond donors (Lipinski definition) is 2. The van der Waals surface area contributed by atoms with E-state index in [4.69, 9.17) is 15.5 Å². The molecule has 236 valence electrons. The minimum Gasteiger partial charge on any atom is -0.444 e. The molecule has 7 heteroatoms. The van der Waals surface area contributed by atoms with Crippen LogP contribution in [-0.2, 0) is 10.2 Å². The summed E-state index contributed by atoms with van der Waals surface area (Å²) in [6, 6.07) is 26.8. The summed E-state index contributed by atoms with van der Waals surface area (Å²) in [6.07, 6.45) is 5.53. The van der Waals surface area contributed by atoms with Gasteiger partial charge >= 0.3 is 6.09 Å². The Balaban J connectivity index is 1.24. The number of imidazole rings is 1. The fourth-order valence-corrected chi connectivity index (χ4v) is 6.80. The first kappa shape index (κ1) is 30.8. The molecule has 0 aliphatic carbocycles. The van der Waals surface area contributed by atoms with Gasteiger partial charge in [0.15, 0.2) is 0 Å². The van der Waals surface area contributed by atoms with Crippen molar-refractivity contribution in [2.45, 2.75) is 96.4 Å². The number of nitrogens with two attached hydrogens (primary N) is 1. The minimum absolute atomic E-state index is 0.102. The number of carbonyl (C=O) groups excluding carboxylic acids is 1. The van der Waals surface area contributed by atoms with E-state index in [1.807, 2.05) is 39.1 Å². The van der Waals surface area contributed by atoms with Gasteiger partial charge in [-0.2, -0.15) is 0 Å². The van der Waals surface area contributed by atoms with E-state index >= 15 is 0 Å². The maximum absolute atomic E-state index is 12.9. The predicted octanol–water partition coefficient (Wildman–Crippen LogP) is 9.11. The molecule has 2 saturated heterocycles. The molecule has 0 bridgehead atoms. The van der Waals surface area contributed by atoms with Crippen LogP contribution in [0.4, 0.5) is 16.2 Å². The molecule has 2 fully saturated rings. The first-order valence-corrected chi connectivity index (χ1v) is 16.3. The molecule has 3 heterocycles. The average molecular weight is 606 g/mol. The number of ether oxygens (including phenoxy) is 1. The minimum atomic E-state index is -0.528. The van der Waals surface area contributed by atoms with Crippen LogP contribution < -0.4 is 10.6 Å². The zero-order chi connectivity index (χ0) is 31.9. The second kappa shape index (κ2) is 11.9. The van der Waals surface area contributed by atoms with Crippen molar-refractivity contribution >= 4 is 17.5 Å². The smallest absolute Gasteiger partial charge is 0.410 e. The van der Waals surface area contributed by atoms with E-state index in [1.54, 1.807) is 4.90 Å². The monoisotopic (exact) mass is 605 g/mol. The molecule has 2 unspecified atom stereocenters. The number of aromatic amines is 1. The second-order valence-corrected chi connectivity index (χ2v) is 14.6. The lowest BCUT2D eigenvalue weighted by Crippen LogP contribution is -2.36. The van der Waals surface area contributed by atoms with Crippen LogP contribution in [0.1, 0.15) is 108 Å². The van der Waals surface area contributed by atoms with E-state index in [0.29, 0.717) is 6.54 Å². The normalized spacial score (nSPS) is 20.5. The lowest BCUT2D eigenvalue weighted by atomic mass is 9.87. The van der Waals surface area contributed by atoms with Crippen molar-refractivity contribution in [3.8, 4) is 11.3 Å². The van der Waals surface area contributed by atoms with Gasteiger partial charge in [0, 0.05) is 17.9 Å². The number of rotatable bonds is 5. The summed E-state index contributed by atoms with van der Waals surface area (Å²) in [4.78, 5) is 25.5. The molecule has 0 spiro atoms. The number of H-pyrrole nitrogens is 1. The summed E-state index contributed by atoms with van der Waals surface area (Å²) in [6.45, 7) is 13.1. The molecule has 3 atom stereocenters. The number of aromatic nitrogens is 2. The number of likely N-dealkylation sites (tertiary alicyclic amines) is 1. The van der Waals surface area contributed by atoms with Gasteiger partial charge in [0.1, 0.15) is 11.4 Å². The molecule has 45 heavy (non-hydrogen) atoms. The highest BCUT2D eigenvalue weighted by Gasteiger charge is 2.37. The summed E-state index contributed by atoms with van der Waals surface area (Å²) >= 11 is 0. The van der Waals surface area contributed by atoms with Crippen molar-refractivity contribution in [2.24, 2.45) is 0 Å². The Morgan fingerprint density at radius 2 is 1.42 bits per heavy atom. The molecular formula is C38H47N5O2. The number of amides is 1. The Morgan fingerprint density at radius 3 is 2.00 bits per heavy atom. The predicted molar refractivity (Wildman–Crippen MR) is 182 cm³/mol. The molecule has 0 saturated carbocycles. The van der Waals surface area contributed by atoms with Gasteiger partial charge in [0.2, 0.25) is 0 Å². The Bertz CT molecular complexity index is 1610. The molecule has 0 radical (unpaired) electrons. The molecule has 3 aromatic carbocycles. The summed E-state index contributed by atoms with van der Waals surface area (Å²) in [5.74, 6) is 0.810. The second-order valence-electron chi connectivity index (χ2n) is 14.6. The summed E-state index contributed by atoms with van der Waals surface area (Å²) in [5, 5.41) is 0. The van der Waals surface area contributed by atoms with Gasteiger partial charge < -0.3 is 20.4 Å². The molecule has 2 aliphatic rings. The molecule has 1 aromatic heterocycles. The van der Waals surface area contributed by atoms with E-state index in [-0.39, 0.29) is 29.6 Å². The van der Waals surface area contributed by atoms with E-state index < -0.39 is 5.60 Å². The third-order valence-electron chi connectivity index (χ3n) is 9.14. The highest BCUT2D eigenvalue weighted by Crippen LogP contribution is 2.47. The van der Waals surface area contributed by atoms with Gasteiger partial charge in [-0.15, -0.1) is 0 Å². The highest BCUT2D eigenvalue weighted by atomic mass is 16.6. The molecule has 3 N–H and O–H groups in total. The molecule has 1 amide bonds. The number of hydrogen-bond acceptors (Lipinski definition) is 5. The van der Waals surface area contributed by atoms with E-state index in [1.165, 1.54) is 22.4 Å². The topological polar surface area (TPSA) is 87.5 Å². The zero-order valence-electron chi connectivity index (χ0n) is 27.5. The van der Waals surface area contributed by atoms with Gasteiger partial charge in [-0.05, 0) is 98.4 Å². The number of carbonyl (C=O) groups is 1. The lowest BCUT2D eigenvalue weighted by Gasteiger charge is -2.34. The van der Waals surface area contributed by atoms with Gasteiger partial charge in [0.25, 0.3) is 0 Å². The number of benzene rings is 3. The van der Waals surface area contributed by atoms with E-state index in [9.17, 15) is 4.79 Å². The summed E-state index contributed by atoms with van der Waals surface area (Å²) < 4.78 is 5.66. The van der Waals surface area contributed by atoms with Crippen molar-refractivity contribution in [1.82, 2.24) is 14.9 Å². The first-order chi connectivity index (χ1) is 21.4. The Kier molecular flexibility index (Phi) is 8.14. The van der Waals surface area contributed by atoms with Gasteiger partial charge in [-0.1, -0.05) is 69.3 Å². The van der Waals surface area contributed by atoms with Crippen LogP contribution in [0, 0.1) is 0 Å². The molecule has 2 aliphatic heterocycles. The molecule has 7 nitrogen and oxygen atoms in total. The Hall–Kier alpha value is -4.26. The Morgan fingerprint density at radius 1 is 0.822 bits per heavy atom. The van der Waals surface area contributed by atoms with Crippen LogP contribution in [0.15, 0.2) is 79.0 Å². The van der Waals surface area contributed by atoms with Crippen molar-refractivity contribution < 1.29 is 9.53 Å². The number of nitrogens with zero attached hydrogens (tertiary/aromatic N) is 3.